The fourth-order valence-electron chi connectivity index (χ4n) is 3.09. The van der Waals surface area contributed by atoms with E-state index in [4.69, 9.17) is 18.9 Å². The first-order chi connectivity index (χ1) is 15.5. The lowest BCUT2D eigenvalue weighted by atomic mass is 10.0. The Morgan fingerprint density at radius 2 is 1.81 bits per heavy atom. The standard InChI is InChI=1S/C24H25NO6S/c1-5-30-24(27)22-18(16-9-10-19(28-3)20(12-16)29-4)14-32-23(22)25-21(26)13-31-17-8-6-7-15(2)11-17/h6-12,14H,5,13H2,1-4H3,(H,25,26). The third kappa shape index (κ3) is 5.39. The predicted octanol–water partition coefficient (Wildman–Crippen LogP) is 4.93. The zero-order chi connectivity index (χ0) is 23.1. The summed E-state index contributed by atoms with van der Waals surface area (Å²) in [5.41, 5.74) is 2.68. The van der Waals surface area contributed by atoms with Crippen molar-refractivity contribution in [2.24, 2.45) is 0 Å². The van der Waals surface area contributed by atoms with Crippen molar-refractivity contribution in [2.75, 3.05) is 32.8 Å². The highest BCUT2D eigenvalue weighted by atomic mass is 32.1. The summed E-state index contributed by atoms with van der Waals surface area (Å²) in [6.45, 7) is 3.70. The molecule has 32 heavy (non-hydrogen) atoms. The fraction of sp³-hybridized carbons (Fsp3) is 0.250. The molecule has 0 saturated heterocycles. The van der Waals surface area contributed by atoms with Gasteiger partial charge in [0.05, 0.1) is 20.8 Å². The number of ether oxygens (including phenoxy) is 4. The largest absolute Gasteiger partial charge is 0.493 e. The van der Waals surface area contributed by atoms with Crippen LogP contribution >= 0.6 is 11.3 Å². The summed E-state index contributed by atoms with van der Waals surface area (Å²) in [7, 11) is 3.10. The van der Waals surface area contributed by atoms with Gasteiger partial charge in [0.1, 0.15) is 16.3 Å². The Hall–Kier alpha value is -3.52. The molecule has 0 atom stereocenters. The van der Waals surface area contributed by atoms with Gasteiger partial charge in [0.2, 0.25) is 0 Å². The number of aryl methyl sites for hydroxylation is 1. The molecule has 1 heterocycles. The third-order valence-corrected chi connectivity index (χ3v) is 5.47. The van der Waals surface area contributed by atoms with Crippen LogP contribution in [-0.4, -0.2) is 39.3 Å². The molecule has 0 aliphatic heterocycles. The molecule has 0 bridgehead atoms. The lowest BCUT2D eigenvalue weighted by Gasteiger charge is -2.12. The quantitative estimate of drug-likeness (QED) is 0.461. The summed E-state index contributed by atoms with van der Waals surface area (Å²) < 4.78 is 21.5. The van der Waals surface area contributed by atoms with E-state index in [0.717, 1.165) is 11.1 Å². The number of methoxy groups -OCH3 is 2. The van der Waals surface area contributed by atoms with E-state index in [1.54, 1.807) is 44.7 Å². The van der Waals surface area contributed by atoms with E-state index in [-0.39, 0.29) is 24.7 Å². The highest BCUT2D eigenvalue weighted by Gasteiger charge is 2.23. The van der Waals surface area contributed by atoms with Crippen LogP contribution in [0, 0.1) is 6.92 Å². The van der Waals surface area contributed by atoms with Crippen molar-refractivity contribution in [3.05, 3.63) is 59.0 Å². The lowest BCUT2D eigenvalue weighted by molar-refractivity contribution is -0.118. The van der Waals surface area contributed by atoms with E-state index in [1.807, 2.05) is 31.2 Å². The minimum absolute atomic E-state index is 0.185. The summed E-state index contributed by atoms with van der Waals surface area (Å²) in [6.07, 6.45) is 0. The van der Waals surface area contributed by atoms with E-state index in [2.05, 4.69) is 5.32 Å². The van der Waals surface area contributed by atoms with E-state index >= 15 is 0 Å². The second kappa shape index (κ2) is 10.7. The minimum Gasteiger partial charge on any atom is -0.493 e. The highest BCUT2D eigenvalue weighted by molar-refractivity contribution is 7.15. The van der Waals surface area contributed by atoms with Gasteiger partial charge in [-0.2, -0.15) is 0 Å². The first-order valence-electron chi connectivity index (χ1n) is 9.97. The van der Waals surface area contributed by atoms with Gasteiger partial charge in [0.25, 0.3) is 5.91 Å². The number of rotatable bonds is 9. The summed E-state index contributed by atoms with van der Waals surface area (Å²) in [5.74, 6) is 0.809. The Morgan fingerprint density at radius 1 is 1.03 bits per heavy atom. The monoisotopic (exact) mass is 455 g/mol. The molecular weight excluding hydrogens is 430 g/mol. The molecule has 0 fully saturated rings. The van der Waals surface area contributed by atoms with Crippen LogP contribution in [0.15, 0.2) is 47.8 Å². The molecule has 1 N–H and O–H groups in total. The molecule has 0 radical (unpaired) electrons. The van der Waals surface area contributed by atoms with Crippen molar-refractivity contribution in [3.8, 4) is 28.4 Å². The Morgan fingerprint density at radius 3 is 2.50 bits per heavy atom. The number of nitrogens with one attached hydrogen (secondary N) is 1. The Balaban J connectivity index is 1.86. The van der Waals surface area contributed by atoms with Gasteiger partial charge in [-0.1, -0.05) is 18.2 Å². The summed E-state index contributed by atoms with van der Waals surface area (Å²) in [4.78, 5) is 25.3. The number of carbonyl (C=O) groups excluding carboxylic acids is 2. The number of anilines is 1. The SMILES string of the molecule is CCOC(=O)c1c(-c2ccc(OC)c(OC)c2)csc1NC(=O)COc1cccc(C)c1. The molecule has 168 valence electrons. The summed E-state index contributed by atoms with van der Waals surface area (Å²) in [5, 5.41) is 4.96. The average molecular weight is 456 g/mol. The molecule has 0 aliphatic rings. The molecule has 3 rings (SSSR count). The maximum atomic E-state index is 12.7. The van der Waals surface area contributed by atoms with Gasteiger partial charge in [-0.15, -0.1) is 11.3 Å². The first kappa shape index (κ1) is 23.1. The molecule has 1 amide bonds. The number of esters is 1. The van der Waals surface area contributed by atoms with Gasteiger partial charge < -0.3 is 24.3 Å². The molecule has 0 saturated carbocycles. The van der Waals surface area contributed by atoms with Crippen molar-refractivity contribution in [1.29, 1.82) is 0 Å². The third-order valence-electron chi connectivity index (χ3n) is 4.58. The van der Waals surface area contributed by atoms with Gasteiger partial charge >= 0.3 is 5.97 Å². The van der Waals surface area contributed by atoms with Crippen LogP contribution in [-0.2, 0) is 9.53 Å². The van der Waals surface area contributed by atoms with Crippen LogP contribution in [0.3, 0.4) is 0 Å². The van der Waals surface area contributed by atoms with Crippen LogP contribution in [0.5, 0.6) is 17.2 Å². The highest BCUT2D eigenvalue weighted by Crippen LogP contribution is 2.39. The maximum absolute atomic E-state index is 12.7. The van der Waals surface area contributed by atoms with Crippen LogP contribution < -0.4 is 19.5 Å². The van der Waals surface area contributed by atoms with E-state index in [1.165, 1.54) is 11.3 Å². The second-order valence-electron chi connectivity index (χ2n) is 6.80. The Labute approximate surface area is 190 Å². The van der Waals surface area contributed by atoms with Crippen molar-refractivity contribution < 1.29 is 28.5 Å². The molecule has 3 aromatic rings. The molecule has 0 aliphatic carbocycles. The Kier molecular flexibility index (Phi) is 7.72. The molecule has 0 unspecified atom stereocenters. The molecular formula is C24H25NO6S. The van der Waals surface area contributed by atoms with Crippen molar-refractivity contribution in [1.82, 2.24) is 0 Å². The van der Waals surface area contributed by atoms with E-state index < -0.39 is 5.97 Å². The Bertz CT molecular complexity index is 1110. The summed E-state index contributed by atoms with van der Waals surface area (Å²) >= 11 is 1.24. The predicted molar refractivity (Wildman–Crippen MR) is 124 cm³/mol. The fourth-order valence-corrected chi connectivity index (χ4v) is 4.06. The van der Waals surface area contributed by atoms with Crippen molar-refractivity contribution in [3.63, 3.8) is 0 Å². The number of hydrogen-bond acceptors (Lipinski definition) is 7. The minimum atomic E-state index is -0.520. The number of hydrogen-bond donors (Lipinski definition) is 1. The van der Waals surface area contributed by atoms with Crippen molar-refractivity contribution >= 4 is 28.2 Å². The normalized spacial score (nSPS) is 10.4. The maximum Gasteiger partial charge on any atom is 0.341 e. The smallest absolute Gasteiger partial charge is 0.341 e. The summed E-state index contributed by atoms with van der Waals surface area (Å²) in [6, 6.07) is 12.8. The van der Waals surface area contributed by atoms with Crippen LogP contribution in [0.2, 0.25) is 0 Å². The van der Waals surface area contributed by atoms with E-state index in [0.29, 0.717) is 27.8 Å². The zero-order valence-electron chi connectivity index (χ0n) is 18.4. The lowest BCUT2D eigenvalue weighted by Crippen LogP contribution is -2.21. The van der Waals surface area contributed by atoms with Crippen LogP contribution in [0.1, 0.15) is 22.8 Å². The van der Waals surface area contributed by atoms with Crippen molar-refractivity contribution in [2.45, 2.75) is 13.8 Å². The van der Waals surface area contributed by atoms with Crippen LogP contribution in [0.25, 0.3) is 11.1 Å². The molecule has 8 heteroatoms. The number of benzene rings is 2. The van der Waals surface area contributed by atoms with Gasteiger partial charge in [-0.05, 0) is 49.2 Å². The second-order valence-corrected chi connectivity index (χ2v) is 7.68. The molecule has 1 aromatic heterocycles. The molecule has 2 aromatic carbocycles. The average Bonchev–Trinajstić information content (AvgIpc) is 3.21. The number of thiophene rings is 1. The van der Waals surface area contributed by atoms with Crippen LogP contribution in [0.4, 0.5) is 5.00 Å². The van der Waals surface area contributed by atoms with Gasteiger partial charge in [-0.3, -0.25) is 4.79 Å². The number of amides is 1. The zero-order valence-corrected chi connectivity index (χ0v) is 19.2. The van der Waals surface area contributed by atoms with Gasteiger partial charge in [0, 0.05) is 10.9 Å². The molecule has 7 nitrogen and oxygen atoms in total. The van der Waals surface area contributed by atoms with Gasteiger partial charge in [0.15, 0.2) is 18.1 Å². The van der Waals surface area contributed by atoms with Gasteiger partial charge in [-0.25, -0.2) is 4.79 Å². The first-order valence-corrected chi connectivity index (χ1v) is 10.8. The topological polar surface area (TPSA) is 83.1 Å². The van der Waals surface area contributed by atoms with E-state index in [9.17, 15) is 9.59 Å². The molecule has 0 spiro atoms. The number of carbonyl (C=O) groups is 2.